The Morgan fingerprint density at radius 1 is 1.02 bits per heavy atom. The van der Waals surface area contributed by atoms with Crippen LogP contribution in [0.4, 0.5) is 4.79 Å². The van der Waals surface area contributed by atoms with Gasteiger partial charge in [-0.3, -0.25) is 0 Å². The highest BCUT2D eigenvalue weighted by molar-refractivity contribution is 5.67. The van der Waals surface area contributed by atoms with E-state index in [2.05, 4.69) is 51.0 Å². The average molecular weight is 555 g/mol. The van der Waals surface area contributed by atoms with E-state index in [4.69, 9.17) is 4.74 Å². The molecular formula is C35H58N2O3. The molecule has 5 heteroatoms. The van der Waals surface area contributed by atoms with Crippen LogP contribution in [-0.4, -0.2) is 31.4 Å². The van der Waals surface area contributed by atoms with E-state index in [0.29, 0.717) is 18.5 Å². The molecule has 1 N–H and O–H groups in total. The highest BCUT2D eigenvalue weighted by atomic mass is 16.6. The summed E-state index contributed by atoms with van der Waals surface area (Å²) < 4.78 is 5.90. The van der Waals surface area contributed by atoms with Gasteiger partial charge in [0, 0.05) is 13.0 Å². The van der Waals surface area contributed by atoms with E-state index in [0.717, 1.165) is 80.5 Å². The molecule has 5 nitrogen and oxygen atoms in total. The number of fused-ring (bicyclic) bond motifs is 5. The van der Waals surface area contributed by atoms with E-state index in [-0.39, 0.29) is 17.6 Å². The minimum Gasteiger partial charge on any atom is -0.446 e. The zero-order valence-corrected chi connectivity index (χ0v) is 26.3. The van der Waals surface area contributed by atoms with Crippen LogP contribution in [0.3, 0.4) is 0 Å². The second-order valence-electron chi connectivity index (χ2n) is 14.9. The molecule has 0 aromatic heterocycles. The minimum absolute atomic E-state index is 0.00786. The lowest BCUT2D eigenvalue weighted by Gasteiger charge is -2.58. The molecule has 0 saturated heterocycles. The number of aliphatic imine (C=N–C) groups is 1. The fourth-order valence-corrected chi connectivity index (χ4v) is 9.85. The van der Waals surface area contributed by atoms with Gasteiger partial charge in [-0.15, -0.1) is 0 Å². The van der Waals surface area contributed by atoms with Gasteiger partial charge >= 0.3 is 6.09 Å². The zero-order valence-electron chi connectivity index (χ0n) is 26.3. The Morgan fingerprint density at radius 2 is 1.82 bits per heavy atom. The first kappa shape index (κ1) is 31.3. The molecular weight excluding hydrogens is 496 g/mol. The molecule has 3 saturated carbocycles. The van der Waals surface area contributed by atoms with Crippen molar-refractivity contribution in [3.8, 4) is 0 Å². The molecule has 0 heterocycles. The molecule has 226 valence electrons. The molecule has 0 radical (unpaired) electrons. The summed E-state index contributed by atoms with van der Waals surface area (Å²) in [5.74, 6) is 5.11. The van der Waals surface area contributed by atoms with Crippen LogP contribution in [0.2, 0.25) is 0 Å². The molecule has 4 aliphatic rings. The first-order valence-electron chi connectivity index (χ1n) is 16.9. The number of nitrogens with zero attached hydrogens (tertiary/aromatic N) is 1. The van der Waals surface area contributed by atoms with Gasteiger partial charge < -0.3 is 10.1 Å². The summed E-state index contributed by atoms with van der Waals surface area (Å²) in [6, 6.07) is 0. The highest BCUT2D eigenvalue weighted by Gasteiger charge is 2.59. The van der Waals surface area contributed by atoms with E-state index >= 15 is 0 Å². The van der Waals surface area contributed by atoms with E-state index in [9.17, 15) is 9.59 Å². The fraction of sp³-hybridized carbons (Fsp3) is 0.886. The average Bonchev–Trinajstić information content (AvgIpc) is 3.27. The van der Waals surface area contributed by atoms with Crippen molar-refractivity contribution in [1.29, 1.82) is 0 Å². The number of carbonyl (C=O) groups is 1. The van der Waals surface area contributed by atoms with Crippen molar-refractivity contribution in [3.63, 3.8) is 0 Å². The van der Waals surface area contributed by atoms with Crippen LogP contribution in [0.25, 0.3) is 0 Å². The standard InChI is InChI=1S/C35H58N2O3/c1-25(2)11-10-12-26(3)30-15-16-31-29-14-13-27-23-28(17-19-34(27,4)32(29)18-20-35(30,31)5)40-33(39)37-22-9-7-6-8-21-36-24-38/h13,25-26,28-32H,6-12,14-23H2,1-5H3,(H,37,39)/t26-,28+,29+,30-,31+,32+,34+,35-/m1/s1. The summed E-state index contributed by atoms with van der Waals surface area (Å²) >= 11 is 0. The molecule has 8 atom stereocenters. The van der Waals surface area contributed by atoms with Gasteiger partial charge in [0.2, 0.25) is 6.08 Å². The Kier molecular flexibility index (Phi) is 11.0. The summed E-state index contributed by atoms with van der Waals surface area (Å²) in [7, 11) is 0. The normalized spacial score (nSPS) is 35.5. The number of ether oxygens (including phenoxy) is 1. The maximum absolute atomic E-state index is 12.5. The van der Waals surface area contributed by atoms with Crippen molar-refractivity contribution < 1.29 is 14.3 Å². The summed E-state index contributed by atoms with van der Waals surface area (Å²) in [6.07, 6.45) is 21.9. The molecule has 4 aliphatic carbocycles. The maximum Gasteiger partial charge on any atom is 0.407 e. The topological polar surface area (TPSA) is 67.8 Å². The Balaban J connectivity index is 1.27. The van der Waals surface area contributed by atoms with E-state index in [1.807, 2.05) is 0 Å². The highest BCUT2D eigenvalue weighted by Crippen LogP contribution is 2.67. The van der Waals surface area contributed by atoms with Gasteiger partial charge in [0.05, 0.1) is 6.54 Å². The largest absolute Gasteiger partial charge is 0.446 e. The third kappa shape index (κ3) is 7.05. The van der Waals surface area contributed by atoms with Gasteiger partial charge in [-0.05, 0) is 104 Å². The number of allylic oxidation sites excluding steroid dienone is 1. The second kappa shape index (κ2) is 14.0. The molecule has 0 spiro atoms. The maximum atomic E-state index is 12.5. The van der Waals surface area contributed by atoms with Crippen LogP contribution < -0.4 is 5.32 Å². The smallest absolute Gasteiger partial charge is 0.407 e. The van der Waals surface area contributed by atoms with Gasteiger partial charge in [-0.2, -0.15) is 0 Å². The van der Waals surface area contributed by atoms with Gasteiger partial charge in [0.1, 0.15) is 6.10 Å². The lowest BCUT2D eigenvalue weighted by atomic mass is 9.47. The number of rotatable bonds is 13. The molecule has 0 aromatic carbocycles. The molecule has 0 bridgehead atoms. The van der Waals surface area contributed by atoms with Crippen molar-refractivity contribution >= 4 is 12.2 Å². The number of alkyl carbamates (subject to hydrolysis) is 1. The van der Waals surface area contributed by atoms with Crippen molar-refractivity contribution in [2.24, 2.45) is 51.3 Å². The Hall–Kier alpha value is -1.61. The Morgan fingerprint density at radius 3 is 2.60 bits per heavy atom. The van der Waals surface area contributed by atoms with Gasteiger partial charge in [-0.1, -0.05) is 78.4 Å². The Bertz CT molecular complexity index is 924. The minimum atomic E-state index is -0.263. The summed E-state index contributed by atoms with van der Waals surface area (Å²) in [6.45, 7) is 13.7. The monoisotopic (exact) mass is 554 g/mol. The molecule has 1 amide bonds. The first-order chi connectivity index (χ1) is 19.2. The predicted octanol–water partition coefficient (Wildman–Crippen LogP) is 9.02. The van der Waals surface area contributed by atoms with Gasteiger partial charge in [-0.25, -0.2) is 14.6 Å². The fourth-order valence-electron chi connectivity index (χ4n) is 9.85. The number of amides is 1. The number of isocyanates is 1. The summed E-state index contributed by atoms with van der Waals surface area (Å²) in [4.78, 5) is 26.2. The van der Waals surface area contributed by atoms with E-state index < -0.39 is 0 Å². The van der Waals surface area contributed by atoms with Crippen molar-refractivity contribution in [1.82, 2.24) is 5.32 Å². The predicted molar refractivity (Wildman–Crippen MR) is 163 cm³/mol. The summed E-state index contributed by atoms with van der Waals surface area (Å²) in [5.41, 5.74) is 2.40. The lowest BCUT2D eigenvalue weighted by molar-refractivity contribution is -0.0581. The van der Waals surface area contributed by atoms with E-state index in [1.165, 1.54) is 51.4 Å². The third-order valence-electron chi connectivity index (χ3n) is 12.1. The second-order valence-corrected chi connectivity index (χ2v) is 14.9. The molecule has 0 aliphatic heterocycles. The van der Waals surface area contributed by atoms with E-state index in [1.54, 1.807) is 11.7 Å². The molecule has 40 heavy (non-hydrogen) atoms. The number of hydrogen-bond donors (Lipinski definition) is 1. The van der Waals surface area contributed by atoms with Crippen LogP contribution in [0.15, 0.2) is 16.6 Å². The van der Waals surface area contributed by atoms with Crippen LogP contribution in [0.5, 0.6) is 0 Å². The first-order valence-corrected chi connectivity index (χ1v) is 16.9. The van der Waals surface area contributed by atoms with Crippen LogP contribution in [0.1, 0.15) is 131 Å². The zero-order chi connectivity index (χ0) is 28.8. The van der Waals surface area contributed by atoms with Crippen molar-refractivity contribution in [2.75, 3.05) is 13.1 Å². The SMILES string of the molecule is CC(C)CCC[C@@H](C)[C@H]1CC[C@H]2[C@@H]3CC=C4C[C@@H](OC(=O)NCCCCCCN=C=O)CC[C@]4(C)[C@H]3CC[C@]12C. The molecule has 4 rings (SSSR count). The number of hydrogen-bond acceptors (Lipinski definition) is 4. The summed E-state index contributed by atoms with van der Waals surface area (Å²) in [5, 5.41) is 2.95. The van der Waals surface area contributed by atoms with Crippen molar-refractivity contribution in [3.05, 3.63) is 11.6 Å². The van der Waals surface area contributed by atoms with Crippen LogP contribution in [0, 0.1) is 46.3 Å². The number of carbonyl (C=O) groups excluding carboxylic acids is 2. The number of unbranched alkanes of at least 4 members (excludes halogenated alkanes) is 3. The van der Waals surface area contributed by atoms with Crippen LogP contribution >= 0.6 is 0 Å². The number of nitrogens with one attached hydrogen (secondary N) is 1. The molecule has 3 fully saturated rings. The van der Waals surface area contributed by atoms with Gasteiger partial charge in [0.25, 0.3) is 0 Å². The van der Waals surface area contributed by atoms with Gasteiger partial charge in [0.15, 0.2) is 0 Å². The third-order valence-corrected chi connectivity index (χ3v) is 12.1. The van der Waals surface area contributed by atoms with Crippen molar-refractivity contribution in [2.45, 2.75) is 137 Å². The lowest BCUT2D eigenvalue weighted by Crippen LogP contribution is -2.51. The molecule has 0 unspecified atom stereocenters. The quantitative estimate of drug-likeness (QED) is 0.107. The molecule has 0 aromatic rings. The van der Waals surface area contributed by atoms with Crippen LogP contribution in [-0.2, 0) is 9.53 Å². The Labute approximate surface area is 244 Å².